The van der Waals surface area contributed by atoms with E-state index >= 15 is 0 Å². The first kappa shape index (κ1) is 26.3. The monoisotopic (exact) mass is 576 g/mol. The van der Waals surface area contributed by atoms with Crippen LogP contribution in [0.1, 0.15) is 64.4 Å². The number of fused-ring (bicyclic) bond motifs is 2. The molecule has 1 spiro atoms. The van der Waals surface area contributed by atoms with Crippen molar-refractivity contribution >= 4 is 44.3 Å². The van der Waals surface area contributed by atoms with E-state index < -0.39 is 11.3 Å². The first-order chi connectivity index (χ1) is 19.8. The SMILES string of the molecule is O=C(c1cc(C(=O)N2CCCCC2)c2cc(OCc3nc4ccccc4s3)ccc2n1)N1CCC2(CC1)CC2(F)F. The lowest BCUT2D eigenvalue weighted by Gasteiger charge is -2.32. The number of rotatable bonds is 5. The third-order valence-electron chi connectivity index (χ3n) is 8.79. The van der Waals surface area contributed by atoms with Gasteiger partial charge in [-0.2, -0.15) is 0 Å². The van der Waals surface area contributed by atoms with Gasteiger partial charge in [0.15, 0.2) is 0 Å². The van der Waals surface area contributed by atoms with Crippen LogP contribution in [0.25, 0.3) is 21.1 Å². The second-order valence-corrected chi connectivity index (χ2v) is 12.5. The molecule has 212 valence electrons. The molecule has 2 aromatic carbocycles. The third-order valence-corrected chi connectivity index (χ3v) is 9.80. The van der Waals surface area contributed by atoms with E-state index in [0.29, 0.717) is 41.9 Å². The standard InChI is InChI=1S/C31H30F2N4O3S/c32-31(33)19-30(31)10-14-37(15-11-30)29(39)25-17-22(28(38)36-12-4-1-5-13-36)21-16-20(8-9-23(21)34-25)40-18-27-35-24-6-2-3-7-26(24)41-27/h2-3,6-9,16-17H,1,4-5,10-15,18-19H2. The number of para-hydroxylation sites is 1. The lowest BCUT2D eigenvalue weighted by Crippen LogP contribution is -2.41. The molecule has 3 fully saturated rings. The van der Waals surface area contributed by atoms with Crippen LogP contribution < -0.4 is 4.74 Å². The highest BCUT2D eigenvalue weighted by molar-refractivity contribution is 7.18. The number of likely N-dealkylation sites (tertiary alicyclic amines) is 2. The molecule has 41 heavy (non-hydrogen) atoms. The summed E-state index contributed by atoms with van der Waals surface area (Å²) in [6.45, 7) is 2.16. The number of piperidine rings is 2. The van der Waals surface area contributed by atoms with Crippen molar-refractivity contribution in [3.8, 4) is 5.75 Å². The smallest absolute Gasteiger partial charge is 0.272 e. The third kappa shape index (κ3) is 4.81. The predicted octanol–water partition coefficient (Wildman–Crippen LogP) is 6.31. The maximum absolute atomic E-state index is 13.9. The molecule has 10 heteroatoms. The zero-order chi connectivity index (χ0) is 28.2. The Bertz CT molecular complexity index is 1620. The zero-order valence-electron chi connectivity index (χ0n) is 22.6. The van der Waals surface area contributed by atoms with Gasteiger partial charge in [0.25, 0.3) is 17.7 Å². The summed E-state index contributed by atoms with van der Waals surface area (Å²) in [5.74, 6) is -2.50. The minimum atomic E-state index is -2.62. The molecule has 4 aromatic rings. The van der Waals surface area contributed by atoms with Crippen LogP contribution in [-0.4, -0.2) is 63.7 Å². The molecule has 0 unspecified atom stereocenters. The lowest BCUT2D eigenvalue weighted by molar-refractivity contribution is 0.0282. The molecule has 0 radical (unpaired) electrons. The fourth-order valence-corrected chi connectivity index (χ4v) is 7.08. The van der Waals surface area contributed by atoms with Gasteiger partial charge in [0, 0.05) is 43.4 Å². The van der Waals surface area contributed by atoms with Crippen molar-refractivity contribution in [1.82, 2.24) is 19.8 Å². The molecule has 2 aliphatic heterocycles. The highest BCUT2D eigenvalue weighted by Gasteiger charge is 2.70. The van der Waals surface area contributed by atoms with Crippen LogP contribution >= 0.6 is 11.3 Å². The molecule has 2 aromatic heterocycles. The second kappa shape index (κ2) is 10.0. The Kier molecular flexibility index (Phi) is 6.41. The molecular formula is C31H30F2N4O3S. The summed E-state index contributed by atoms with van der Waals surface area (Å²) >= 11 is 1.58. The number of alkyl halides is 2. The molecule has 7 nitrogen and oxygen atoms in total. The Morgan fingerprint density at radius 1 is 0.878 bits per heavy atom. The van der Waals surface area contributed by atoms with Crippen LogP contribution in [0.15, 0.2) is 48.5 Å². The number of aromatic nitrogens is 2. The van der Waals surface area contributed by atoms with Gasteiger partial charge < -0.3 is 14.5 Å². The number of carbonyl (C=O) groups excluding carboxylic acids is 2. The van der Waals surface area contributed by atoms with Crippen LogP contribution in [-0.2, 0) is 6.61 Å². The summed E-state index contributed by atoms with van der Waals surface area (Å²) in [4.78, 5) is 40.0. The Balaban J connectivity index is 1.17. The maximum Gasteiger partial charge on any atom is 0.272 e. The number of thiazole rings is 1. The van der Waals surface area contributed by atoms with Gasteiger partial charge in [0.05, 0.1) is 21.3 Å². The quantitative estimate of drug-likeness (QED) is 0.278. The molecule has 1 saturated carbocycles. The van der Waals surface area contributed by atoms with Crippen molar-refractivity contribution in [3.63, 3.8) is 0 Å². The summed E-state index contributed by atoms with van der Waals surface area (Å²) in [6, 6.07) is 14.9. The van der Waals surface area contributed by atoms with Crippen molar-refractivity contribution in [2.75, 3.05) is 26.2 Å². The van der Waals surface area contributed by atoms with Gasteiger partial charge in [-0.05, 0) is 68.5 Å². The van der Waals surface area contributed by atoms with E-state index in [9.17, 15) is 18.4 Å². The van der Waals surface area contributed by atoms with E-state index in [1.54, 1.807) is 40.5 Å². The van der Waals surface area contributed by atoms with E-state index in [1.165, 1.54) is 0 Å². The topological polar surface area (TPSA) is 75.6 Å². The number of nitrogens with zero attached hydrogens (tertiary/aromatic N) is 4. The summed E-state index contributed by atoms with van der Waals surface area (Å²) in [5, 5.41) is 1.47. The van der Waals surface area contributed by atoms with Gasteiger partial charge in [-0.1, -0.05) is 12.1 Å². The van der Waals surface area contributed by atoms with E-state index in [-0.39, 0.29) is 49.9 Å². The summed E-state index contributed by atoms with van der Waals surface area (Å²) in [5.41, 5.74) is 1.08. The van der Waals surface area contributed by atoms with Crippen molar-refractivity contribution < 1.29 is 23.1 Å². The van der Waals surface area contributed by atoms with E-state index in [4.69, 9.17) is 4.74 Å². The van der Waals surface area contributed by atoms with Crippen LogP contribution in [0.5, 0.6) is 5.75 Å². The lowest BCUT2D eigenvalue weighted by atomic mass is 9.92. The zero-order valence-corrected chi connectivity index (χ0v) is 23.4. The van der Waals surface area contributed by atoms with Crippen molar-refractivity contribution in [1.29, 1.82) is 0 Å². The molecule has 1 aliphatic carbocycles. The predicted molar refractivity (Wildman–Crippen MR) is 153 cm³/mol. The Morgan fingerprint density at radius 3 is 2.34 bits per heavy atom. The fraction of sp³-hybridized carbons (Fsp3) is 0.419. The summed E-state index contributed by atoms with van der Waals surface area (Å²) < 4.78 is 34.9. The van der Waals surface area contributed by atoms with Crippen LogP contribution in [0.3, 0.4) is 0 Å². The number of amides is 2. The molecule has 2 saturated heterocycles. The minimum Gasteiger partial charge on any atom is -0.486 e. The molecule has 0 bridgehead atoms. The fourth-order valence-electron chi connectivity index (χ4n) is 6.20. The van der Waals surface area contributed by atoms with Crippen LogP contribution in [0, 0.1) is 5.41 Å². The molecule has 4 heterocycles. The van der Waals surface area contributed by atoms with Gasteiger partial charge in [-0.3, -0.25) is 9.59 Å². The van der Waals surface area contributed by atoms with Crippen molar-refractivity contribution in [3.05, 3.63) is 64.8 Å². The van der Waals surface area contributed by atoms with Gasteiger partial charge in [-0.25, -0.2) is 18.7 Å². The van der Waals surface area contributed by atoms with Gasteiger partial charge in [0.1, 0.15) is 23.1 Å². The van der Waals surface area contributed by atoms with Crippen LogP contribution in [0.2, 0.25) is 0 Å². The van der Waals surface area contributed by atoms with Gasteiger partial charge in [0.2, 0.25) is 0 Å². The molecule has 0 atom stereocenters. The minimum absolute atomic E-state index is 0.0892. The van der Waals surface area contributed by atoms with E-state index in [1.807, 2.05) is 29.2 Å². The normalized spacial score (nSPS) is 19.6. The molecule has 0 N–H and O–H groups in total. The number of pyridine rings is 1. The first-order valence-electron chi connectivity index (χ1n) is 14.2. The molecule has 7 rings (SSSR count). The van der Waals surface area contributed by atoms with Crippen LogP contribution in [0.4, 0.5) is 8.78 Å². The largest absolute Gasteiger partial charge is 0.486 e. The number of carbonyl (C=O) groups is 2. The summed E-state index contributed by atoms with van der Waals surface area (Å²) in [7, 11) is 0. The van der Waals surface area contributed by atoms with Crippen molar-refractivity contribution in [2.24, 2.45) is 5.41 Å². The van der Waals surface area contributed by atoms with Gasteiger partial charge in [-0.15, -0.1) is 11.3 Å². The Labute approximate surface area is 240 Å². The van der Waals surface area contributed by atoms with E-state index in [2.05, 4.69) is 9.97 Å². The first-order valence-corrected chi connectivity index (χ1v) is 15.0. The average molecular weight is 577 g/mol. The average Bonchev–Trinajstić information content (AvgIpc) is 3.30. The Morgan fingerprint density at radius 2 is 1.61 bits per heavy atom. The number of hydrogen-bond donors (Lipinski definition) is 0. The number of halogens is 2. The second-order valence-electron chi connectivity index (χ2n) is 11.4. The highest BCUT2D eigenvalue weighted by Crippen LogP contribution is 2.65. The number of ether oxygens (including phenoxy) is 1. The highest BCUT2D eigenvalue weighted by atomic mass is 32.1. The van der Waals surface area contributed by atoms with Gasteiger partial charge >= 0.3 is 0 Å². The maximum atomic E-state index is 13.9. The molecule has 2 amide bonds. The number of benzene rings is 2. The van der Waals surface area contributed by atoms with E-state index in [0.717, 1.165) is 34.5 Å². The molecular weight excluding hydrogens is 546 g/mol. The summed E-state index contributed by atoms with van der Waals surface area (Å²) in [6.07, 6.45) is 3.45. The number of hydrogen-bond acceptors (Lipinski definition) is 6. The van der Waals surface area contributed by atoms with Crippen molar-refractivity contribution in [2.45, 2.75) is 51.1 Å². The Hall–Kier alpha value is -3.66. The molecule has 3 aliphatic rings.